The fraction of sp³-hybridized carbons (Fsp3) is 0.812. The summed E-state index contributed by atoms with van der Waals surface area (Å²) in [6.07, 6.45) is 2.74. The summed E-state index contributed by atoms with van der Waals surface area (Å²) in [6, 6.07) is 0. The van der Waals surface area contributed by atoms with Crippen LogP contribution >= 0.6 is 0 Å². The van der Waals surface area contributed by atoms with Gasteiger partial charge in [0.2, 0.25) is 0 Å². The Bertz CT molecular complexity index is 366. The molecule has 0 aliphatic rings. The van der Waals surface area contributed by atoms with E-state index in [0.29, 0.717) is 12.8 Å². The Labute approximate surface area is 132 Å². The summed E-state index contributed by atoms with van der Waals surface area (Å²) in [6.45, 7) is 10.1. The summed E-state index contributed by atoms with van der Waals surface area (Å²) in [4.78, 5) is 35.4. The van der Waals surface area contributed by atoms with Gasteiger partial charge in [0.25, 0.3) is 0 Å². The van der Waals surface area contributed by atoms with Gasteiger partial charge in [-0.2, -0.15) is 0 Å². The van der Waals surface area contributed by atoms with Crippen molar-refractivity contribution in [1.82, 2.24) is 0 Å². The van der Waals surface area contributed by atoms with Crippen LogP contribution in [0.3, 0.4) is 0 Å². The van der Waals surface area contributed by atoms with Crippen LogP contribution in [0, 0.1) is 5.92 Å². The molecule has 0 fully saturated rings. The fourth-order valence-electron chi connectivity index (χ4n) is 1.80. The van der Waals surface area contributed by atoms with Crippen LogP contribution < -0.4 is 0 Å². The molecular formula is C16H27O6. The number of hydrogen-bond acceptors (Lipinski definition) is 6. The van der Waals surface area contributed by atoms with Gasteiger partial charge in [0.05, 0.1) is 12.7 Å². The van der Waals surface area contributed by atoms with E-state index in [1.807, 2.05) is 13.8 Å². The second-order valence-electron chi connectivity index (χ2n) is 5.54. The Kier molecular flexibility index (Phi) is 9.45. The van der Waals surface area contributed by atoms with E-state index in [0.717, 1.165) is 12.8 Å². The molecule has 0 spiro atoms. The number of esters is 2. The average Bonchev–Trinajstić information content (AvgIpc) is 2.48. The van der Waals surface area contributed by atoms with Gasteiger partial charge in [0.15, 0.2) is 0 Å². The molecule has 0 heterocycles. The third kappa shape index (κ3) is 5.31. The number of carbonyl (C=O) groups is 2. The summed E-state index contributed by atoms with van der Waals surface area (Å²) >= 11 is 0. The molecule has 0 aliphatic carbocycles. The number of carbonyl (C=O) groups excluding carboxylic acids is 3. The minimum atomic E-state index is -2.10. The third-order valence-corrected chi connectivity index (χ3v) is 3.49. The van der Waals surface area contributed by atoms with Crippen LogP contribution in [0.2, 0.25) is 0 Å². The molecule has 2 atom stereocenters. The van der Waals surface area contributed by atoms with Crippen molar-refractivity contribution < 1.29 is 28.6 Å². The van der Waals surface area contributed by atoms with Gasteiger partial charge in [0.1, 0.15) is 0 Å². The van der Waals surface area contributed by atoms with Crippen LogP contribution in [0.15, 0.2) is 0 Å². The van der Waals surface area contributed by atoms with Crippen LogP contribution in [0.5, 0.6) is 0 Å². The highest BCUT2D eigenvalue weighted by molar-refractivity contribution is 6.05. The first-order chi connectivity index (χ1) is 10.4. The van der Waals surface area contributed by atoms with Gasteiger partial charge in [0, 0.05) is 5.92 Å². The predicted octanol–water partition coefficient (Wildman–Crippen LogP) is 2.54. The van der Waals surface area contributed by atoms with Crippen LogP contribution in [-0.2, 0) is 28.6 Å². The lowest BCUT2D eigenvalue weighted by Gasteiger charge is -2.31. The molecular weight excluding hydrogens is 288 g/mol. The second-order valence-corrected chi connectivity index (χ2v) is 5.54. The minimum Gasteiger partial charge on any atom is -0.462 e. The molecule has 22 heavy (non-hydrogen) atoms. The lowest BCUT2D eigenvalue weighted by atomic mass is 9.90. The Hall–Kier alpha value is -1.59. The van der Waals surface area contributed by atoms with E-state index in [-0.39, 0.29) is 6.61 Å². The first-order valence-corrected chi connectivity index (χ1v) is 7.80. The van der Waals surface area contributed by atoms with Gasteiger partial charge < -0.3 is 14.2 Å². The molecule has 0 saturated carbocycles. The Balaban J connectivity index is 5.17. The highest BCUT2D eigenvalue weighted by Crippen LogP contribution is 2.26. The highest BCUT2D eigenvalue weighted by atomic mass is 16.6. The largest absolute Gasteiger partial charge is 0.462 e. The van der Waals surface area contributed by atoms with Gasteiger partial charge in [-0.1, -0.05) is 40.5 Å². The Morgan fingerprint density at radius 2 is 1.73 bits per heavy atom. The zero-order valence-electron chi connectivity index (χ0n) is 14.1. The molecule has 0 rings (SSSR count). The second kappa shape index (κ2) is 10.2. The molecule has 127 valence electrons. The first kappa shape index (κ1) is 20.4. The van der Waals surface area contributed by atoms with E-state index in [1.54, 1.807) is 20.8 Å². The van der Waals surface area contributed by atoms with Crippen molar-refractivity contribution in [3.05, 3.63) is 0 Å². The monoisotopic (exact) mass is 315 g/mol. The van der Waals surface area contributed by atoms with Crippen LogP contribution in [-0.4, -0.2) is 36.7 Å². The van der Waals surface area contributed by atoms with Gasteiger partial charge in [-0.05, 0) is 19.8 Å². The SMILES string of the molecule is CCCCCOC(=O)C(O[C]=O)(C(=O)OC(C)CC)C(C)C. The molecule has 6 nitrogen and oxygen atoms in total. The molecule has 0 bridgehead atoms. The topological polar surface area (TPSA) is 78.9 Å². The molecule has 0 aromatic rings. The van der Waals surface area contributed by atoms with E-state index >= 15 is 0 Å². The van der Waals surface area contributed by atoms with Crippen LogP contribution in [0.4, 0.5) is 0 Å². The maximum absolute atomic E-state index is 12.4. The third-order valence-electron chi connectivity index (χ3n) is 3.49. The smallest absolute Gasteiger partial charge is 0.419 e. The molecule has 0 aliphatic heterocycles. The predicted molar refractivity (Wildman–Crippen MR) is 80.7 cm³/mol. The van der Waals surface area contributed by atoms with E-state index < -0.39 is 29.6 Å². The first-order valence-electron chi connectivity index (χ1n) is 7.80. The van der Waals surface area contributed by atoms with E-state index in [4.69, 9.17) is 14.2 Å². The van der Waals surface area contributed by atoms with Crippen molar-refractivity contribution >= 4 is 18.4 Å². The number of hydrogen-bond donors (Lipinski definition) is 0. The van der Waals surface area contributed by atoms with E-state index in [1.165, 1.54) is 6.47 Å². The molecule has 0 saturated heterocycles. The molecule has 6 heteroatoms. The molecule has 0 aromatic carbocycles. The normalized spacial score (nSPS) is 14.8. The number of ether oxygens (including phenoxy) is 3. The van der Waals surface area contributed by atoms with Crippen molar-refractivity contribution in [2.75, 3.05) is 6.61 Å². The van der Waals surface area contributed by atoms with Crippen LogP contribution in [0.25, 0.3) is 0 Å². The summed E-state index contributed by atoms with van der Waals surface area (Å²) < 4.78 is 15.1. The minimum absolute atomic E-state index is 0.167. The van der Waals surface area contributed by atoms with Gasteiger partial charge in [-0.15, -0.1) is 0 Å². The maximum atomic E-state index is 12.4. The van der Waals surface area contributed by atoms with Crippen LogP contribution in [0.1, 0.15) is 60.3 Å². The highest BCUT2D eigenvalue weighted by Gasteiger charge is 2.55. The molecule has 2 unspecified atom stereocenters. The average molecular weight is 315 g/mol. The zero-order valence-corrected chi connectivity index (χ0v) is 14.1. The molecule has 0 amide bonds. The lowest BCUT2D eigenvalue weighted by Crippen LogP contribution is -2.55. The number of unbranched alkanes of at least 4 members (excludes halogenated alkanes) is 2. The van der Waals surface area contributed by atoms with Crippen molar-refractivity contribution in [2.45, 2.75) is 72.0 Å². The summed E-state index contributed by atoms with van der Waals surface area (Å²) in [5, 5.41) is 0. The van der Waals surface area contributed by atoms with E-state index in [2.05, 4.69) is 0 Å². The Morgan fingerprint density at radius 3 is 2.18 bits per heavy atom. The standard InChI is InChI=1S/C16H27O6/c1-6-8-9-10-20-14(18)16(12(3)4,21-11-17)15(19)22-13(5)7-2/h12-13H,6-10H2,1-5H3. The lowest BCUT2D eigenvalue weighted by molar-refractivity contribution is -0.189. The zero-order chi connectivity index (χ0) is 17.2. The quantitative estimate of drug-likeness (QED) is 0.252. The van der Waals surface area contributed by atoms with Crippen molar-refractivity contribution in [3.8, 4) is 0 Å². The molecule has 1 radical (unpaired) electrons. The van der Waals surface area contributed by atoms with Gasteiger partial charge in [-0.3, -0.25) is 0 Å². The fourth-order valence-corrected chi connectivity index (χ4v) is 1.80. The Morgan fingerprint density at radius 1 is 1.09 bits per heavy atom. The van der Waals surface area contributed by atoms with E-state index in [9.17, 15) is 14.4 Å². The summed E-state index contributed by atoms with van der Waals surface area (Å²) in [5.74, 6) is -2.46. The van der Waals surface area contributed by atoms with Crippen molar-refractivity contribution in [3.63, 3.8) is 0 Å². The van der Waals surface area contributed by atoms with Crippen molar-refractivity contribution in [2.24, 2.45) is 5.92 Å². The molecule has 0 aromatic heterocycles. The molecule has 0 N–H and O–H groups in total. The summed E-state index contributed by atoms with van der Waals surface area (Å²) in [5.41, 5.74) is -2.10. The van der Waals surface area contributed by atoms with Gasteiger partial charge >= 0.3 is 24.0 Å². The van der Waals surface area contributed by atoms with Gasteiger partial charge in [-0.25, -0.2) is 14.4 Å². The van der Waals surface area contributed by atoms with Crippen molar-refractivity contribution in [1.29, 1.82) is 0 Å². The maximum Gasteiger partial charge on any atom is 0.419 e. The number of rotatable bonds is 11. The summed E-state index contributed by atoms with van der Waals surface area (Å²) in [7, 11) is 0.